The SMILES string of the molecule is CC(C)c1cccc(N2C[C@@H]3[C@H](CNC(=O)c4cccs4)[C@H]4CC[C@]3(C2)O4)n1. The number of hydrogen-bond donors (Lipinski definition) is 1. The van der Waals surface area contributed by atoms with Crippen molar-refractivity contribution in [2.45, 2.75) is 44.3 Å². The normalized spacial score (nSPS) is 30.8. The van der Waals surface area contributed by atoms with Crippen LogP contribution >= 0.6 is 11.3 Å². The molecule has 5 heterocycles. The third kappa shape index (κ3) is 2.94. The van der Waals surface area contributed by atoms with E-state index in [1.807, 2.05) is 17.5 Å². The molecule has 2 aromatic rings. The number of fused-ring (bicyclic) bond motifs is 1. The van der Waals surface area contributed by atoms with E-state index < -0.39 is 0 Å². The molecule has 148 valence electrons. The maximum Gasteiger partial charge on any atom is 0.261 e. The van der Waals surface area contributed by atoms with Gasteiger partial charge >= 0.3 is 0 Å². The van der Waals surface area contributed by atoms with E-state index in [9.17, 15) is 4.79 Å². The second-order valence-corrected chi connectivity index (χ2v) is 9.62. The van der Waals surface area contributed by atoms with Crippen molar-refractivity contribution in [1.82, 2.24) is 10.3 Å². The molecule has 4 atom stereocenters. The predicted molar refractivity (Wildman–Crippen MR) is 111 cm³/mol. The zero-order valence-corrected chi connectivity index (χ0v) is 17.2. The van der Waals surface area contributed by atoms with Crippen LogP contribution in [-0.4, -0.2) is 42.2 Å². The number of nitrogens with zero attached hydrogens (tertiary/aromatic N) is 2. The molecule has 5 rings (SSSR count). The monoisotopic (exact) mass is 397 g/mol. The molecule has 0 saturated carbocycles. The third-order valence-electron chi connectivity index (χ3n) is 6.70. The lowest BCUT2D eigenvalue weighted by Gasteiger charge is -2.29. The molecule has 3 fully saturated rings. The highest BCUT2D eigenvalue weighted by molar-refractivity contribution is 7.12. The van der Waals surface area contributed by atoms with Crippen molar-refractivity contribution < 1.29 is 9.53 Å². The van der Waals surface area contributed by atoms with Gasteiger partial charge in [0.2, 0.25) is 0 Å². The third-order valence-corrected chi connectivity index (χ3v) is 7.57. The van der Waals surface area contributed by atoms with Crippen LogP contribution in [0.5, 0.6) is 0 Å². The average molecular weight is 398 g/mol. The second kappa shape index (κ2) is 6.85. The van der Waals surface area contributed by atoms with Crippen molar-refractivity contribution in [2.24, 2.45) is 11.8 Å². The lowest BCUT2D eigenvalue weighted by Crippen LogP contribution is -2.41. The Morgan fingerprint density at radius 1 is 1.39 bits per heavy atom. The number of pyridine rings is 1. The molecule has 0 aliphatic carbocycles. The largest absolute Gasteiger partial charge is 0.369 e. The van der Waals surface area contributed by atoms with E-state index in [1.54, 1.807) is 0 Å². The summed E-state index contributed by atoms with van der Waals surface area (Å²) >= 11 is 1.49. The summed E-state index contributed by atoms with van der Waals surface area (Å²) in [4.78, 5) is 20.5. The molecule has 1 amide bonds. The van der Waals surface area contributed by atoms with Crippen molar-refractivity contribution in [1.29, 1.82) is 0 Å². The van der Waals surface area contributed by atoms with E-state index in [0.29, 0.717) is 24.3 Å². The van der Waals surface area contributed by atoms with Crippen LogP contribution in [0.4, 0.5) is 5.82 Å². The number of ether oxygens (including phenoxy) is 1. The van der Waals surface area contributed by atoms with Gasteiger partial charge in [0.15, 0.2) is 0 Å². The van der Waals surface area contributed by atoms with Gasteiger partial charge in [0.1, 0.15) is 5.82 Å². The molecule has 3 aliphatic heterocycles. The van der Waals surface area contributed by atoms with Crippen LogP contribution in [0.3, 0.4) is 0 Å². The first kappa shape index (κ1) is 18.1. The molecule has 1 N–H and O–H groups in total. The molecule has 1 spiro atoms. The molecule has 0 unspecified atom stereocenters. The van der Waals surface area contributed by atoms with E-state index in [1.165, 1.54) is 11.3 Å². The van der Waals surface area contributed by atoms with E-state index in [-0.39, 0.29) is 17.6 Å². The Balaban J connectivity index is 1.31. The molecule has 5 nitrogen and oxygen atoms in total. The highest BCUT2D eigenvalue weighted by Gasteiger charge is 2.63. The number of rotatable bonds is 5. The fourth-order valence-electron chi connectivity index (χ4n) is 5.28. The predicted octanol–water partition coefficient (Wildman–Crippen LogP) is 3.68. The van der Waals surface area contributed by atoms with Crippen molar-refractivity contribution in [3.63, 3.8) is 0 Å². The van der Waals surface area contributed by atoms with Gasteiger partial charge in [0.25, 0.3) is 5.91 Å². The molecular weight excluding hydrogens is 370 g/mol. The summed E-state index contributed by atoms with van der Waals surface area (Å²) in [5.74, 6) is 2.36. The highest BCUT2D eigenvalue weighted by Crippen LogP contribution is 2.55. The van der Waals surface area contributed by atoms with Crippen LogP contribution in [-0.2, 0) is 4.74 Å². The number of thiophene rings is 1. The maximum atomic E-state index is 12.4. The van der Waals surface area contributed by atoms with Crippen LogP contribution in [0.2, 0.25) is 0 Å². The topological polar surface area (TPSA) is 54.5 Å². The summed E-state index contributed by atoms with van der Waals surface area (Å²) < 4.78 is 6.53. The van der Waals surface area contributed by atoms with Crippen molar-refractivity contribution in [3.05, 3.63) is 46.3 Å². The van der Waals surface area contributed by atoms with Crippen molar-refractivity contribution in [2.75, 3.05) is 24.5 Å². The Morgan fingerprint density at radius 3 is 3.07 bits per heavy atom. The fraction of sp³-hybridized carbons (Fsp3) is 0.545. The molecule has 0 radical (unpaired) electrons. The Bertz CT molecular complexity index is 868. The van der Waals surface area contributed by atoms with Crippen molar-refractivity contribution >= 4 is 23.1 Å². The van der Waals surface area contributed by atoms with Gasteiger partial charge < -0.3 is 15.0 Å². The summed E-state index contributed by atoms with van der Waals surface area (Å²) in [5.41, 5.74) is 1.08. The summed E-state index contributed by atoms with van der Waals surface area (Å²) in [6, 6.07) is 10.1. The van der Waals surface area contributed by atoms with E-state index in [0.717, 1.165) is 42.3 Å². The van der Waals surface area contributed by atoms with Gasteiger partial charge in [0.05, 0.1) is 16.6 Å². The molecule has 3 aliphatic rings. The van der Waals surface area contributed by atoms with Crippen LogP contribution in [0, 0.1) is 11.8 Å². The number of anilines is 1. The zero-order valence-electron chi connectivity index (χ0n) is 16.4. The van der Waals surface area contributed by atoms with E-state index in [4.69, 9.17) is 9.72 Å². The summed E-state index contributed by atoms with van der Waals surface area (Å²) in [5, 5.41) is 5.10. The Labute approximate surface area is 170 Å². The maximum absolute atomic E-state index is 12.4. The fourth-order valence-corrected chi connectivity index (χ4v) is 5.92. The number of aromatic nitrogens is 1. The Hall–Kier alpha value is -1.92. The van der Waals surface area contributed by atoms with Gasteiger partial charge in [-0.1, -0.05) is 26.0 Å². The standard InChI is InChI=1S/C22H27N3O2S/c1-14(2)17-5-3-7-20(24-17)25-12-16-15(18-8-9-22(16,13-25)27-18)11-23-21(26)19-6-4-10-28-19/h3-7,10,14-16,18H,8-9,11-13H2,1-2H3,(H,23,26)/t15-,16+,18+,22+/m0/s1. The molecule has 2 bridgehead atoms. The van der Waals surface area contributed by atoms with Gasteiger partial charge in [-0.3, -0.25) is 4.79 Å². The first-order valence-electron chi connectivity index (χ1n) is 10.3. The molecule has 0 aromatic carbocycles. The van der Waals surface area contributed by atoms with Crippen LogP contribution < -0.4 is 10.2 Å². The lowest BCUT2D eigenvalue weighted by atomic mass is 9.73. The van der Waals surface area contributed by atoms with Gasteiger partial charge in [-0.2, -0.15) is 0 Å². The first-order valence-corrected chi connectivity index (χ1v) is 11.2. The minimum atomic E-state index is -0.0570. The molecule has 28 heavy (non-hydrogen) atoms. The van der Waals surface area contributed by atoms with Gasteiger partial charge in [0, 0.05) is 37.2 Å². The number of hydrogen-bond acceptors (Lipinski definition) is 5. The minimum Gasteiger partial charge on any atom is -0.369 e. The number of carbonyl (C=O) groups excluding carboxylic acids is 1. The van der Waals surface area contributed by atoms with Crippen LogP contribution in [0.1, 0.15) is 48.0 Å². The summed E-state index contributed by atoms with van der Waals surface area (Å²) in [6.45, 7) is 6.94. The van der Waals surface area contributed by atoms with Gasteiger partial charge in [-0.05, 0) is 42.3 Å². The number of carbonyl (C=O) groups is 1. The second-order valence-electron chi connectivity index (χ2n) is 8.67. The van der Waals surface area contributed by atoms with Crippen molar-refractivity contribution in [3.8, 4) is 0 Å². The summed E-state index contributed by atoms with van der Waals surface area (Å²) in [6.07, 6.45) is 2.51. The molecule has 3 saturated heterocycles. The van der Waals surface area contributed by atoms with Gasteiger partial charge in [-0.15, -0.1) is 11.3 Å². The first-order chi connectivity index (χ1) is 13.6. The van der Waals surface area contributed by atoms with Gasteiger partial charge in [-0.25, -0.2) is 4.98 Å². The zero-order chi connectivity index (χ0) is 19.3. The quantitative estimate of drug-likeness (QED) is 0.836. The highest BCUT2D eigenvalue weighted by atomic mass is 32.1. The molecular formula is C22H27N3O2S. The lowest BCUT2D eigenvalue weighted by molar-refractivity contribution is 0.0141. The molecule has 2 aromatic heterocycles. The van der Waals surface area contributed by atoms with E-state index in [2.05, 4.69) is 42.3 Å². The van der Waals surface area contributed by atoms with Crippen LogP contribution in [0.25, 0.3) is 0 Å². The Kier molecular flexibility index (Phi) is 4.43. The molecule has 6 heteroatoms. The van der Waals surface area contributed by atoms with Crippen LogP contribution in [0.15, 0.2) is 35.7 Å². The number of amides is 1. The smallest absolute Gasteiger partial charge is 0.261 e. The summed E-state index contributed by atoms with van der Waals surface area (Å²) in [7, 11) is 0. The Morgan fingerprint density at radius 2 is 2.29 bits per heavy atom. The number of nitrogens with one attached hydrogen (secondary N) is 1. The minimum absolute atomic E-state index is 0.0352. The average Bonchev–Trinajstić information content (AvgIpc) is 3.46. The van der Waals surface area contributed by atoms with E-state index >= 15 is 0 Å².